The molecule has 2 N–H and O–H groups in total. The first-order valence-electron chi connectivity index (χ1n) is 8.14. The van der Waals surface area contributed by atoms with Crippen LogP contribution in [-0.4, -0.2) is 46.1 Å². The van der Waals surface area contributed by atoms with Crippen molar-refractivity contribution in [2.75, 3.05) is 7.11 Å². The average molecular weight is 330 g/mol. The minimum atomic E-state index is -0.624. The standard InChI is InChI=1S/C17H22N4O3/c1-5-11-8-18-15(19-11)13-7-10-6-12(10)21(13)16(22)14(9(2)3)20-17(23)24-4/h1,8-10,12-14H,6-7H2,2-4H3,(H,18,19)(H,20,23)/t10-,12-,13+,14+/m1/s1. The predicted octanol–water partition coefficient (Wildman–Crippen LogP) is 1.43. The van der Waals surface area contributed by atoms with Gasteiger partial charge >= 0.3 is 6.09 Å². The minimum absolute atomic E-state index is 0.0482. The zero-order chi connectivity index (χ0) is 17.4. The van der Waals surface area contributed by atoms with Gasteiger partial charge in [0.1, 0.15) is 17.6 Å². The van der Waals surface area contributed by atoms with E-state index in [9.17, 15) is 9.59 Å². The fourth-order valence-corrected chi connectivity index (χ4v) is 3.46. The summed E-state index contributed by atoms with van der Waals surface area (Å²) in [7, 11) is 1.29. The van der Waals surface area contributed by atoms with E-state index in [2.05, 4.69) is 25.9 Å². The Morgan fingerprint density at radius 1 is 1.50 bits per heavy atom. The number of fused-ring (bicyclic) bond motifs is 1. The van der Waals surface area contributed by atoms with Crippen molar-refractivity contribution in [2.24, 2.45) is 11.8 Å². The van der Waals surface area contributed by atoms with Gasteiger partial charge in [0, 0.05) is 12.2 Å². The van der Waals surface area contributed by atoms with Crippen molar-refractivity contribution in [3.63, 3.8) is 0 Å². The van der Waals surface area contributed by atoms with Crippen molar-refractivity contribution in [1.82, 2.24) is 20.2 Å². The summed E-state index contributed by atoms with van der Waals surface area (Å²) in [6.07, 6.45) is 8.33. The highest BCUT2D eigenvalue weighted by atomic mass is 16.5. The van der Waals surface area contributed by atoms with Crippen LogP contribution in [0.5, 0.6) is 0 Å². The second kappa shape index (κ2) is 6.19. The number of likely N-dealkylation sites (tertiary alicyclic amines) is 1. The Morgan fingerprint density at radius 3 is 2.83 bits per heavy atom. The van der Waals surface area contributed by atoms with Crippen LogP contribution >= 0.6 is 0 Å². The van der Waals surface area contributed by atoms with E-state index in [1.165, 1.54) is 7.11 Å². The van der Waals surface area contributed by atoms with E-state index in [-0.39, 0.29) is 23.9 Å². The van der Waals surface area contributed by atoms with Crippen LogP contribution in [0.3, 0.4) is 0 Å². The molecule has 0 aromatic carbocycles. The molecule has 7 nitrogen and oxygen atoms in total. The third-order valence-electron chi connectivity index (χ3n) is 4.81. The molecule has 2 aliphatic rings. The number of rotatable bonds is 4. The van der Waals surface area contributed by atoms with Crippen molar-refractivity contribution >= 4 is 12.0 Å². The Morgan fingerprint density at radius 2 is 2.25 bits per heavy atom. The molecule has 0 spiro atoms. The number of methoxy groups -OCH3 is 1. The molecule has 7 heteroatoms. The maximum atomic E-state index is 13.1. The van der Waals surface area contributed by atoms with E-state index in [4.69, 9.17) is 6.42 Å². The third kappa shape index (κ3) is 2.84. The second-order valence-electron chi connectivity index (χ2n) is 6.73. The molecule has 4 atom stereocenters. The molecular formula is C17H22N4O3. The molecule has 0 radical (unpaired) electrons. The molecule has 0 unspecified atom stereocenters. The number of aromatic amines is 1. The summed E-state index contributed by atoms with van der Waals surface area (Å²) >= 11 is 0. The predicted molar refractivity (Wildman–Crippen MR) is 86.8 cm³/mol. The van der Waals surface area contributed by atoms with Crippen LogP contribution in [0.4, 0.5) is 4.79 Å². The normalized spacial score (nSPS) is 25.8. The molecule has 3 rings (SSSR count). The highest BCUT2D eigenvalue weighted by molar-refractivity contribution is 5.87. The van der Waals surface area contributed by atoms with Gasteiger partial charge in [-0.1, -0.05) is 13.8 Å². The summed E-state index contributed by atoms with van der Waals surface area (Å²) in [6, 6.07) is -0.520. The Hall–Kier alpha value is -2.49. The van der Waals surface area contributed by atoms with Crippen molar-refractivity contribution < 1.29 is 14.3 Å². The van der Waals surface area contributed by atoms with E-state index in [1.54, 1.807) is 6.20 Å². The Kier molecular flexibility index (Phi) is 4.22. The van der Waals surface area contributed by atoms with Crippen LogP contribution in [-0.2, 0) is 9.53 Å². The van der Waals surface area contributed by atoms with E-state index < -0.39 is 12.1 Å². The molecule has 128 valence electrons. The molecule has 1 saturated carbocycles. The number of terminal acetylenes is 1. The van der Waals surface area contributed by atoms with Crippen LogP contribution < -0.4 is 5.32 Å². The zero-order valence-corrected chi connectivity index (χ0v) is 14.1. The van der Waals surface area contributed by atoms with Crippen LogP contribution in [0.2, 0.25) is 0 Å². The van der Waals surface area contributed by atoms with Gasteiger partial charge in [-0.05, 0) is 30.6 Å². The molecule has 1 aliphatic carbocycles. The van der Waals surface area contributed by atoms with Gasteiger partial charge in [-0.15, -0.1) is 6.42 Å². The first-order valence-corrected chi connectivity index (χ1v) is 8.14. The van der Waals surface area contributed by atoms with Gasteiger partial charge in [0.2, 0.25) is 5.91 Å². The summed E-state index contributed by atoms with van der Waals surface area (Å²) in [5.74, 6) is 3.57. The van der Waals surface area contributed by atoms with Gasteiger partial charge in [-0.3, -0.25) is 4.79 Å². The number of amides is 2. The number of hydrogen-bond donors (Lipinski definition) is 2. The van der Waals surface area contributed by atoms with Gasteiger partial charge in [-0.25, -0.2) is 9.78 Å². The number of nitrogens with zero attached hydrogens (tertiary/aromatic N) is 2. The number of piperidine rings is 1. The topological polar surface area (TPSA) is 87.3 Å². The lowest BCUT2D eigenvalue weighted by atomic mass is 10.0. The lowest BCUT2D eigenvalue weighted by molar-refractivity contribution is -0.136. The number of H-pyrrole nitrogens is 1. The van der Waals surface area contributed by atoms with Crippen LogP contribution in [0.25, 0.3) is 0 Å². The summed E-state index contributed by atoms with van der Waals surface area (Å²) in [5.41, 5.74) is 0.533. The monoisotopic (exact) mass is 330 g/mol. The van der Waals surface area contributed by atoms with Crippen molar-refractivity contribution in [2.45, 2.75) is 44.8 Å². The fraction of sp³-hybridized carbons (Fsp3) is 0.588. The van der Waals surface area contributed by atoms with Crippen molar-refractivity contribution in [1.29, 1.82) is 0 Å². The second-order valence-corrected chi connectivity index (χ2v) is 6.73. The van der Waals surface area contributed by atoms with Gasteiger partial charge in [-0.2, -0.15) is 0 Å². The van der Waals surface area contributed by atoms with Gasteiger partial charge in [0.05, 0.1) is 13.2 Å². The molecule has 1 aromatic rings. The first kappa shape index (κ1) is 16.4. The number of nitrogens with one attached hydrogen (secondary N) is 2. The number of imidazole rings is 1. The molecule has 2 fully saturated rings. The van der Waals surface area contributed by atoms with Crippen molar-refractivity contribution in [3.05, 3.63) is 17.7 Å². The SMILES string of the molecule is C#Cc1c[nH]c([C@@H]2C[C@H]3C[C@H]3N2C(=O)[C@@H](NC(=O)OC)C(C)C)n1. The Bertz CT molecular complexity index is 690. The van der Waals surface area contributed by atoms with Crippen LogP contribution in [0.15, 0.2) is 6.20 Å². The van der Waals surface area contributed by atoms with E-state index >= 15 is 0 Å². The molecule has 1 aromatic heterocycles. The molecule has 2 heterocycles. The van der Waals surface area contributed by atoms with Gasteiger partial charge < -0.3 is 19.9 Å². The molecular weight excluding hydrogens is 308 g/mol. The summed E-state index contributed by atoms with van der Waals surface area (Å²) in [6.45, 7) is 3.80. The van der Waals surface area contributed by atoms with Gasteiger partial charge in [0.25, 0.3) is 0 Å². The Balaban J connectivity index is 1.83. The number of carbonyl (C=O) groups excluding carboxylic acids is 2. The van der Waals surface area contributed by atoms with E-state index in [1.807, 2.05) is 18.7 Å². The van der Waals surface area contributed by atoms with Crippen molar-refractivity contribution in [3.8, 4) is 12.3 Å². The summed E-state index contributed by atoms with van der Waals surface area (Å²) < 4.78 is 4.65. The number of carbonyl (C=O) groups is 2. The zero-order valence-electron chi connectivity index (χ0n) is 14.1. The van der Waals surface area contributed by atoms with Crippen LogP contribution in [0, 0.1) is 24.2 Å². The Labute approximate surface area is 141 Å². The molecule has 2 amide bonds. The average Bonchev–Trinajstić information content (AvgIpc) is 3.01. The number of hydrogen-bond acceptors (Lipinski definition) is 4. The van der Waals surface area contributed by atoms with Gasteiger partial charge in [0.15, 0.2) is 0 Å². The molecule has 1 saturated heterocycles. The highest BCUT2D eigenvalue weighted by Gasteiger charge is 2.56. The lowest BCUT2D eigenvalue weighted by Gasteiger charge is -2.31. The molecule has 1 aliphatic heterocycles. The van der Waals surface area contributed by atoms with E-state index in [0.29, 0.717) is 17.4 Å². The molecule has 24 heavy (non-hydrogen) atoms. The maximum absolute atomic E-state index is 13.1. The minimum Gasteiger partial charge on any atom is -0.453 e. The first-order chi connectivity index (χ1) is 11.5. The maximum Gasteiger partial charge on any atom is 0.407 e. The highest BCUT2D eigenvalue weighted by Crippen LogP contribution is 2.53. The number of aromatic nitrogens is 2. The fourth-order valence-electron chi connectivity index (χ4n) is 3.46. The van der Waals surface area contributed by atoms with Crippen LogP contribution in [0.1, 0.15) is 44.2 Å². The quantitative estimate of drug-likeness (QED) is 0.818. The number of ether oxygens (including phenoxy) is 1. The molecule has 0 bridgehead atoms. The van der Waals surface area contributed by atoms with E-state index in [0.717, 1.165) is 12.8 Å². The summed E-state index contributed by atoms with van der Waals surface area (Å²) in [4.78, 5) is 34.0. The number of alkyl carbamates (subject to hydrolysis) is 1. The largest absolute Gasteiger partial charge is 0.453 e. The smallest absolute Gasteiger partial charge is 0.407 e. The third-order valence-corrected chi connectivity index (χ3v) is 4.81. The summed E-state index contributed by atoms with van der Waals surface area (Å²) in [5, 5.41) is 2.65. The lowest BCUT2D eigenvalue weighted by Crippen LogP contribution is -2.52.